The number of rotatable bonds is 4. The summed E-state index contributed by atoms with van der Waals surface area (Å²) < 4.78 is 5.77. The highest BCUT2D eigenvalue weighted by Crippen LogP contribution is 2.26. The van der Waals surface area contributed by atoms with Crippen LogP contribution in [-0.2, 0) is 11.4 Å². The van der Waals surface area contributed by atoms with Gasteiger partial charge in [-0.1, -0.05) is 42.5 Å². The van der Waals surface area contributed by atoms with E-state index in [-0.39, 0.29) is 11.1 Å². The van der Waals surface area contributed by atoms with Crippen LogP contribution in [0.1, 0.15) is 11.1 Å². The maximum atomic E-state index is 11.6. The second-order valence-corrected chi connectivity index (χ2v) is 5.79. The largest absolute Gasteiger partial charge is 0.489 e. The number of benzene rings is 2. The van der Waals surface area contributed by atoms with E-state index in [0.29, 0.717) is 11.5 Å². The number of hydrogen-bond donors (Lipinski definition) is 2. The number of amidine groups is 1. The maximum absolute atomic E-state index is 11.6. The van der Waals surface area contributed by atoms with Crippen molar-refractivity contribution in [3.63, 3.8) is 0 Å². The molecule has 2 aromatic carbocycles. The van der Waals surface area contributed by atoms with Crippen LogP contribution >= 0.6 is 11.8 Å². The van der Waals surface area contributed by atoms with E-state index in [4.69, 9.17) is 10.1 Å². The molecule has 110 valence electrons. The highest BCUT2D eigenvalue weighted by atomic mass is 32.2. The zero-order chi connectivity index (χ0) is 15.4. The van der Waals surface area contributed by atoms with Gasteiger partial charge in [-0.25, -0.2) is 0 Å². The zero-order valence-electron chi connectivity index (χ0n) is 11.7. The number of ether oxygens (including phenoxy) is 1. The SMILES string of the molecule is N=C1NC(=O)/C(=C\c2cccc(OCc3ccccc3)c2)S1. The van der Waals surface area contributed by atoms with Gasteiger partial charge in [-0.3, -0.25) is 10.2 Å². The Morgan fingerprint density at radius 2 is 1.95 bits per heavy atom. The zero-order valence-corrected chi connectivity index (χ0v) is 12.5. The third-order valence-electron chi connectivity index (χ3n) is 3.07. The van der Waals surface area contributed by atoms with Crippen LogP contribution in [0.5, 0.6) is 5.75 Å². The number of carbonyl (C=O) groups excluding carboxylic acids is 1. The van der Waals surface area contributed by atoms with Gasteiger partial charge < -0.3 is 10.1 Å². The highest BCUT2D eigenvalue weighted by Gasteiger charge is 2.22. The molecule has 0 saturated carbocycles. The Kier molecular flexibility index (Phi) is 4.25. The van der Waals surface area contributed by atoms with Crippen molar-refractivity contribution >= 4 is 28.9 Å². The topological polar surface area (TPSA) is 62.2 Å². The molecule has 1 saturated heterocycles. The first-order chi connectivity index (χ1) is 10.7. The van der Waals surface area contributed by atoms with E-state index in [1.165, 1.54) is 0 Å². The summed E-state index contributed by atoms with van der Waals surface area (Å²) in [5, 5.41) is 10.1. The van der Waals surface area contributed by atoms with Crippen LogP contribution in [-0.4, -0.2) is 11.1 Å². The smallest absolute Gasteiger partial charge is 0.264 e. The van der Waals surface area contributed by atoms with Crippen LogP contribution < -0.4 is 10.1 Å². The molecule has 0 unspecified atom stereocenters. The van der Waals surface area contributed by atoms with Gasteiger partial charge in [0.25, 0.3) is 5.91 Å². The summed E-state index contributed by atoms with van der Waals surface area (Å²) in [7, 11) is 0. The number of carbonyl (C=O) groups is 1. The number of nitrogens with one attached hydrogen (secondary N) is 2. The fourth-order valence-electron chi connectivity index (χ4n) is 2.03. The first-order valence-corrected chi connectivity index (χ1v) is 7.58. The molecule has 3 rings (SSSR count). The van der Waals surface area contributed by atoms with Crippen molar-refractivity contribution in [3.05, 3.63) is 70.6 Å². The molecule has 0 aromatic heterocycles. The predicted octanol–water partition coefficient (Wildman–Crippen LogP) is 3.40. The first-order valence-electron chi connectivity index (χ1n) is 6.77. The van der Waals surface area contributed by atoms with Crippen molar-refractivity contribution in [2.75, 3.05) is 0 Å². The third-order valence-corrected chi connectivity index (χ3v) is 3.90. The number of amides is 1. The van der Waals surface area contributed by atoms with Gasteiger partial charge in [-0.15, -0.1) is 0 Å². The van der Waals surface area contributed by atoms with Crippen LogP contribution in [0.4, 0.5) is 0 Å². The lowest BCUT2D eigenvalue weighted by molar-refractivity contribution is -0.115. The fourth-order valence-corrected chi connectivity index (χ4v) is 2.73. The lowest BCUT2D eigenvalue weighted by Crippen LogP contribution is -2.18. The average molecular weight is 310 g/mol. The van der Waals surface area contributed by atoms with Crippen LogP contribution in [0.25, 0.3) is 6.08 Å². The maximum Gasteiger partial charge on any atom is 0.264 e. The molecular formula is C17H14N2O2S. The molecule has 0 spiro atoms. The summed E-state index contributed by atoms with van der Waals surface area (Å²) in [6.07, 6.45) is 1.76. The van der Waals surface area contributed by atoms with Gasteiger partial charge in [0, 0.05) is 0 Å². The van der Waals surface area contributed by atoms with E-state index in [0.717, 1.165) is 28.6 Å². The van der Waals surface area contributed by atoms with Gasteiger partial charge in [-0.2, -0.15) is 0 Å². The molecule has 22 heavy (non-hydrogen) atoms. The molecule has 1 amide bonds. The molecule has 0 atom stereocenters. The van der Waals surface area contributed by atoms with E-state index in [1.54, 1.807) is 6.08 Å². The van der Waals surface area contributed by atoms with E-state index in [9.17, 15) is 4.79 Å². The monoisotopic (exact) mass is 310 g/mol. The van der Waals surface area contributed by atoms with Crippen LogP contribution in [0.3, 0.4) is 0 Å². The Morgan fingerprint density at radius 3 is 2.68 bits per heavy atom. The van der Waals surface area contributed by atoms with E-state index < -0.39 is 0 Å². The van der Waals surface area contributed by atoms with Gasteiger partial charge in [-0.05, 0) is 41.1 Å². The molecule has 2 aromatic rings. The van der Waals surface area contributed by atoms with Gasteiger partial charge in [0.1, 0.15) is 12.4 Å². The minimum absolute atomic E-state index is 0.160. The highest BCUT2D eigenvalue weighted by molar-refractivity contribution is 8.18. The van der Waals surface area contributed by atoms with Gasteiger partial charge >= 0.3 is 0 Å². The summed E-state index contributed by atoms with van der Waals surface area (Å²) in [5.41, 5.74) is 1.98. The van der Waals surface area contributed by atoms with Crippen molar-refractivity contribution in [2.45, 2.75) is 6.61 Å². The molecular weight excluding hydrogens is 296 g/mol. The average Bonchev–Trinajstić information content (AvgIpc) is 2.84. The molecule has 0 bridgehead atoms. The molecule has 0 aliphatic carbocycles. The predicted molar refractivity (Wildman–Crippen MR) is 88.7 cm³/mol. The Morgan fingerprint density at radius 1 is 1.14 bits per heavy atom. The Hall–Kier alpha value is -2.53. The van der Waals surface area contributed by atoms with E-state index >= 15 is 0 Å². The summed E-state index contributed by atoms with van der Waals surface area (Å²) >= 11 is 1.13. The minimum atomic E-state index is -0.231. The summed E-state index contributed by atoms with van der Waals surface area (Å²) in [6, 6.07) is 17.5. The number of hydrogen-bond acceptors (Lipinski definition) is 4. The standard InChI is InChI=1S/C17H14N2O2S/c18-17-19-16(20)15(22-17)10-13-7-4-8-14(9-13)21-11-12-5-2-1-3-6-12/h1-10H,11H2,(H2,18,19,20)/b15-10+. The van der Waals surface area contributed by atoms with Gasteiger partial charge in [0.2, 0.25) is 0 Å². The van der Waals surface area contributed by atoms with Gasteiger partial charge in [0.15, 0.2) is 5.17 Å². The van der Waals surface area contributed by atoms with Crippen molar-refractivity contribution in [1.82, 2.24) is 5.32 Å². The summed E-state index contributed by atoms with van der Waals surface area (Å²) in [6.45, 7) is 0.501. The molecule has 1 fully saturated rings. The second kappa shape index (κ2) is 6.49. The van der Waals surface area contributed by atoms with Crippen molar-refractivity contribution in [2.24, 2.45) is 0 Å². The van der Waals surface area contributed by atoms with Gasteiger partial charge in [0.05, 0.1) is 4.91 Å². The lowest BCUT2D eigenvalue weighted by Gasteiger charge is -2.07. The molecule has 1 aliphatic heterocycles. The lowest BCUT2D eigenvalue weighted by atomic mass is 10.2. The second-order valence-electron chi connectivity index (χ2n) is 4.74. The van der Waals surface area contributed by atoms with Crippen molar-refractivity contribution < 1.29 is 9.53 Å². The Balaban J connectivity index is 1.71. The molecule has 2 N–H and O–H groups in total. The van der Waals surface area contributed by atoms with Crippen LogP contribution in [0.15, 0.2) is 59.5 Å². The Bertz CT molecular complexity index is 741. The molecule has 0 radical (unpaired) electrons. The minimum Gasteiger partial charge on any atom is -0.489 e. The first kappa shape index (κ1) is 14.4. The molecule has 4 nitrogen and oxygen atoms in total. The van der Waals surface area contributed by atoms with Crippen molar-refractivity contribution in [3.8, 4) is 5.75 Å². The summed E-state index contributed by atoms with van der Waals surface area (Å²) in [5.74, 6) is 0.516. The Labute approximate surface area is 132 Å². The van der Waals surface area contributed by atoms with Crippen LogP contribution in [0, 0.1) is 5.41 Å². The molecule has 1 heterocycles. The number of thioether (sulfide) groups is 1. The fraction of sp³-hybridized carbons (Fsp3) is 0.0588. The van der Waals surface area contributed by atoms with Crippen LogP contribution in [0.2, 0.25) is 0 Å². The van der Waals surface area contributed by atoms with E-state index in [2.05, 4.69) is 5.32 Å². The third kappa shape index (κ3) is 3.56. The van der Waals surface area contributed by atoms with Crippen molar-refractivity contribution in [1.29, 1.82) is 5.41 Å². The van der Waals surface area contributed by atoms with E-state index in [1.807, 2.05) is 54.6 Å². The molecule has 5 heteroatoms. The normalized spacial score (nSPS) is 15.9. The quantitative estimate of drug-likeness (QED) is 0.851. The molecule has 1 aliphatic rings. The summed E-state index contributed by atoms with van der Waals surface area (Å²) in [4.78, 5) is 12.1.